The fourth-order valence-electron chi connectivity index (χ4n) is 1.87. The van der Waals surface area contributed by atoms with Gasteiger partial charge in [0.15, 0.2) is 6.29 Å². The molecule has 1 aliphatic rings. The van der Waals surface area contributed by atoms with Crippen LogP contribution in [-0.2, 0) is 9.53 Å². The Bertz CT molecular complexity index is 247. The maximum Gasteiger partial charge on any atom is 0.310 e. The van der Waals surface area contributed by atoms with E-state index in [4.69, 9.17) is 4.74 Å². The number of nitrogens with one attached hydrogen (secondary N) is 1. The lowest BCUT2D eigenvalue weighted by Gasteiger charge is -2.33. The third kappa shape index (κ3) is 3.73. The van der Waals surface area contributed by atoms with Crippen LogP contribution in [0.5, 0.6) is 0 Å². The summed E-state index contributed by atoms with van der Waals surface area (Å²) in [7, 11) is 0. The lowest BCUT2D eigenvalue weighted by atomic mass is 9.86. The van der Waals surface area contributed by atoms with Crippen molar-refractivity contribution in [2.24, 2.45) is 11.8 Å². The zero-order valence-electron chi connectivity index (χ0n) is 10.1. The molecule has 1 fully saturated rings. The van der Waals surface area contributed by atoms with Crippen LogP contribution in [0.4, 0.5) is 0 Å². The van der Waals surface area contributed by atoms with Gasteiger partial charge in [-0.15, -0.1) is 0 Å². The monoisotopic (exact) mass is 231 g/mol. The largest absolute Gasteiger partial charge is 0.460 e. The summed E-state index contributed by atoms with van der Waals surface area (Å²) < 4.78 is 5.27. The summed E-state index contributed by atoms with van der Waals surface area (Å²) in [4.78, 5) is 11.9. The smallest absolute Gasteiger partial charge is 0.310 e. The van der Waals surface area contributed by atoms with Gasteiger partial charge in [0, 0.05) is 12.5 Å². The van der Waals surface area contributed by atoms with Crippen molar-refractivity contribution >= 4 is 5.97 Å². The Kier molecular flexibility index (Phi) is 4.29. The number of aliphatic hydroxyl groups excluding tert-OH is 1. The first kappa shape index (κ1) is 13.4. The minimum absolute atomic E-state index is 0.341. The summed E-state index contributed by atoms with van der Waals surface area (Å²) in [6.45, 7) is 6.54. The summed E-state index contributed by atoms with van der Waals surface area (Å²) >= 11 is 0. The second-order valence-electron chi connectivity index (χ2n) is 5.21. The predicted octanol–water partition coefficient (Wildman–Crippen LogP) is -0.136. The Morgan fingerprint density at radius 2 is 2.06 bits per heavy atom. The summed E-state index contributed by atoms with van der Waals surface area (Å²) in [6.07, 6.45) is -0.901. The van der Waals surface area contributed by atoms with Gasteiger partial charge in [-0.1, -0.05) is 0 Å². The topological polar surface area (TPSA) is 78.8 Å². The van der Waals surface area contributed by atoms with Crippen LogP contribution in [0.2, 0.25) is 0 Å². The van der Waals surface area contributed by atoms with E-state index in [0.29, 0.717) is 19.5 Å². The normalized spacial score (nSPS) is 26.9. The maximum atomic E-state index is 11.9. The second kappa shape index (κ2) is 5.12. The van der Waals surface area contributed by atoms with Crippen LogP contribution in [0, 0.1) is 11.8 Å². The van der Waals surface area contributed by atoms with Crippen molar-refractivity contribution in [2.75, 3.05) is 13.1 Å². The van der Waals surface area contributed by atoms with E-state index < -0.39 is 23.7 Å². The molecule has 5 nitrogen and oxygen atoms in total. The van der Waals surface area contributed by atoms with Gasteiger partial charge in [-0.3, -0.25) is 4.79 Å². The van der Waals surface area contributed by atoms with Crippen molar-refractivity contribution in [2.45, 2.75) is 39.1 Å². The lowest BCUT2D eigenvalue weighted by molar-refractivity contribution is -0.172. The highest BCUT2D eigenvalue weighted by Crippen LogP contribution is 2.25. The van der Waals surface area contributed by atoms with E-state index >= 15 is 0 Å². The number of esters is 1. The molecular formula is C11H21NO4. The number of carbonyl (C=O) groups is 1. The van der Waals surface area contributed by atoms with Gasteiger partial charge in [-0.25, -0.2) is 0 Å². The molecule has 16 heavy (non-hydrogen) atoms. The Hall–Kier alpha value is -0.650. The summed E-state index contributed by atoms with van der Waals surface area (Å²) in [5.74, 6) is -1.25. The number of hydrogen-bond donors (Lipinski definition) is 3. The van der Waals surface area contributed by atoms with Crippen LogP contribution >= 0.6 is 0 Å². The molecule has 2 unspecified atom stereocenters. The fraction of sp³-hybridized carbons (Fsp3) is 0.909. The number of hydrogen-bond acceptors (Lipinski definition) is 5. The van der Waals surface area contributed by atoms with Gasteiger partial charge in [0.2, 0.25) is 0 Å². The van der Waals surface area contributed by atoms with E-state index in [0.717, 1.165) is 0 Å². The Morgan fingerprint density at radius 3 is 2.56 bits per heavy atom. The zero-order chi connectivity index (χ0) is 12.3. The third-order valence-electron chi connectivity index (χ3n) is 2.62. The highest BCUT2D eigenvalue weighted by Gasteiger charge is 2.37. The molecule has 0 aromatic carbocycles. The number of carbonyl (C=O) groups excluding carboxylic acids is 1. The summed E-state index contributed by atoms with van der Waals surface area (Å²) in [5.41, 5.74) is -0.535. The van der Waals surface area contributed by atoms with Gasteiger partial charge >= 0.3 is 5.97 Å². The van der Waals surface area contributed by atoms with Crippen LogP contribution in [0.1, 0.15) is 27.2 Å². The molecule has 0 spiro atoms. The predicted molar refractivity (Wildman–Crippen MR) is 58.5 cm³/mol. The van der Waals surface area contributed by atoms with Crippen molar-refractivity contribution < 1.29 is 19.7 Å². The van der Waals surface area contributed by atoms with Crippen molar-refractivity contribution in [3.8, 4) is 0 Å². The van der Waals surface area contributed by atoms with Crippen molar-refractivity contribution in [1.29, 1.82) is 0 Å². The molecule has 1 saturated heterocycles. The van der Waals surface area contributed by atoms with Crippen LogP contribution < -0.4 is 5.32 Å². The summed E-state index contributed by atoms with van der Waals surface area (Å²) in [6, 6.07) is 0. The molecular weight excluding hydrogens is 210 g/mol. The molecule has 0 aliphatic carbocycles. The van der Waals surface area contributed by atoms with Gasteiger partial charge in [-0.2, -0.15) is 0 Å². The van der Waals surface area contributed by atoms with Gasteiger partial charge < -0.3 is 20.3 Å². The first-order valence-electron chi connectivity index (χ1n) is 5.61. The first-order chi connectivity index (χ1) is 7.31. The van der Waals surface area contributed by atoms with Crippen molar-refractivity contribution in [3.05, 3.63) is 0 Å². The fourth-order valence-corrected chi connectivity index (χ4v) is 1.87. The molecule has 0 aromatic rings. The molecule has 1 heterocycles. The molecule has 1 rings (SSSR count). The quantitative estimate of drug-likeness (QED) is 0.455. The highest BCUT2D eigenvalue weighted by molar-refractivity contribution is 5.73. The molecule has 2 atom stereocenters. The Balaban J connectivity index is 2.64. The molecule has 94 valence electrons. The van der Waals surface area contributed by atoms with Gasteiger partial charge in [0.05, 0.1) is 5.92 Å². The van der Waals surface area contributed by atoms with Crippen LogP contribution in [0.25, 0.3) is 0 Å². The van der Waals surface area contributed by atoms with E-state index in [1.165, 1.54) is 0 Å². The number of aliphatic hydroxyl groups is 2. The minimum atomic E-state index is -1.48. The molecule has 0 aromatic heterocycles. The standard InChI is InChI=1S/C11H21NO4/c1-11(2,3)16-10(15)7-4-5-12-6-8(7)9(13)14/h7-9,12-14H,4-6H2,1-3H3. The average Bonchev–Trinajstić information content (AvgIpc) is 2.15. The molecule has 1 aliphatic heterocycles. The van der Waals surface area contributed by atoms with Gasteiger partial charge in [0.25, 0.3) is 0 Å². The van der Waals surface area contributed by atoms with Gasteiger partial charge in [-0.05, 0) is 33.7 Å². The van der Waals surface area contributed by atoms with Crippen LogP contribution in [0.15, 0.2) is 0 Å². The molecule has 3 N–H and O–H groups in total. The van der Waals surface area contributed by atoms with E-state index in [2.05, 4.69) is 5.32 Å². The van der Waals surface area contributed by atoms with Crippen LogP contribution in [-0.4, -0.2) is 41.2 Å². The van der Waals surface area contributed by atoms with E-state index in [1.54, 1.807) is 20.8 Å². The molecule has 0 bridgehead atoms. The van der Waals surface area contributed by atoms with E-state index in [1.807, 2.05) is 0 Å². The average molecular weight is 231 g/mol. The number of piperidine rings is 1. The number of ether oxygens (including phenoxy) is 1. The highest BCUT2D eigenvalue weighted by atomic mass is 16.6. The van der Waals surface area contributed by atoms with Gasteiger partial charge in [0.1, 0.15) is 5.60 Å². The Morgan fingerprint density at radius 1 is 1.44 bits per heavy atom. The van der Waals surface area contributed by atoms with E-state index in [9.17, 15) is 15.0 Å². The Labute approximate surface area is 95.8 Å². The zero-order valence-corrected chi connectivity index (χ0v) is 10.1. The second-order valence-corrected chi connectivity index (χ2v) is 5.21. The van der Waals surface area contributed by atoms with Crippen molar-refractivity contribution in [1.82, 2.24) is 5.32 Å². The van der Waals surface area contributed by atoms with Crippen molar-refractivity contribution in [3.63, 3.8) is 0 Å². The molecule has 0 radical (unpaired) electrons. The molecule has 0 saturated carbocycles. The lowest BCUT2D eigenvalue weighted by Crippen LogP contribution is -2.47. The SMILES string of the molecule is CC(C)(C)OC(=O)C1CCNCC1C(O)O. The molecule has 0 amide bonds. The molecule has 5 heteroatoms. The summed E-state index contributed by atoms with van der Waals surface area (Å²) in [5, 5.41) is 21.4. The van der Waals surface area contributed by atoms with Crippen LogP contribution in [0.3, 0.4) is 0 Å². The van der Waals surface area contributed by atoms with E-state index in [-0.39, 0.29) is 5.97 Å². The maximum absolute atomic E-state index is 11.9. The minimum Gasteiger partial charge on any atom is -0.460 e. The first-order valence-corrected chi connectivity index (χ1v) is 5.61. The number of rotatable bonds is 2. The third-order valence-corrected chi connectivity index (χ3v) is 2.62.